The summed E-state index contributed by atoms with van der Waals surface area (Å²) >= 11 is 0. The molecule has 0 N–H and O–H groups in total. The van der Waals surface area contributed by atoms with Crippen molar-refractivity contribution in [1.29, 1.82) is 0 Å². The van der Waals surface area contributed by atoms with Crippen LogP contribution in [-0.4, -0.2) is 33.3 Å². The van der Waals surface area contributed by atoms with Gasteiger partial charge in [-0.15, -0.1) is 0 Å². The van der Waals surface area contributed by atoms with Crippen molar-refractivity contribution < 1.29 is 9.59 Å². The molecule has 2 aliphatic rings. The molecule has 118 valence electrons. The van der Waals surface area contributed by atoms with Crippen molar-refractivity contribution >= 4 is 11.9 Å². The van der Waals surface area contributed by atoms with E-state index in [0.29, 0.717) is 0 Å². The minimum absolute atomic E-state index is 0.0874. The Labute approximate surface area is 132 Å². The van der Waals surface area contributed by atoms with Crippen LogP contribution in [0.2, 0.25) is 0 Å². The maximum Gasteiger partial charge on any atom is 0.328 e. The highest BCUT2D eigenvalue weighted by atomic mass is 16.2. The number of benzene rings is 1. The van der Waals surface area contributed by atoms with Crippen LogP contribution in [0.4, 0.5) is 4.79 Å². The molecule has 1 aromatic carbocycles. The normalized spacial score (nSPS) is 23.7. The molecule has 4 heteroatoms. The van der Waals surface area contributed by atoms with Crippen LogP contribution in [0.25, 0.3) is 0 Å². The first-order valence-electron chi connectivity index (χ1n) is 8.12. The largest absolute Gasteiger partial charge is 0.328 e. The van der Waals surface area contributed by atoms with E-state index in [1.54, 1.807) is 0 Å². The van der Waals surface area contributed by atoms with Gasteiger partial charge in [-0.3, -0.25) is 9.69 Å². The third kappa shape index (κ3) is 2.40. The zero-order valence-electron chi connectivity index (χ0n) is 13.6. The van der Waals surface area contributed by atoms with Gasteiger partial charge in [0.05, 0.1) is 0 Å². The lowest BCUT2D eigenvalue weighted by atomic mass is 10.0. The number of carbonyl (C=O) groups is 2. The number of urea groups is 1. The quantitative estimate of drug-likeness (QED) is 0.781. The van der Waals surface area contributed by atoms with Gasteiger partial charge in [-0.1, -0.05) is 43.2 Å². The zero-order valence-corrected chi connectivity index (χ0v) is 13.6. The van der Waals surface area contributed by atoms with Crippen LogP contribution in [-0.2, 0) is 4.79 Å². The van der Waals surface area contributed by atoms with Gasteiger partial charge in [0, 0.05) is 11.6 Å². The highest BCUT2D eigenvalue weighted by Crippen LogP contribution is 2.40. The second kappa shape index (κ2) is 5.41. The van der Waals surface area contributed by atoms with Crippen LogP contribution in [0, 0.1) is 0 Å². The number of hydrogen-bond acceptors (Lipinski definition) is 2. The molecule has 1 aromatic rings. The van der Waals surface area contributed by atoms with Crippen molar-refractivity contribution in [3.8, 4) is 0 Å². The second-order valence-corrected chi connectivity index (χ2v) is 7.29. The first-order chi connectivity index (χ1) is 10.4. The van der Waals surface area contributed by atoms with Gasteiger partial charge in [0.1, 0.15) is 6.04 Å². The molecule has 1 heterocycles. The molecule has 2 fully saturated rings. The van der Waals surface area contributed by atoms with E-state index in [1.807, 2.05) is 56.0 Å². The number of amides is 3. The summed E-state index contributed by atoms with van der Waals surface area (Å²) in [5, 5.41) is 0. The SMILES string of the molecule is CC(C)(C)N1C(=O)C(c2ccccc2)N(C2CCCC2)C1=O. The van der Waals surface area contributed by atoms with E-state index in [4.69, 9.17) is 0 Å². The van der Waals surface area contributed by atoms with Crippen molar-refractivity contribution in [3.63, 3.8) is 0 Å². The average molecular weight is 300 g/mol. The summed E-state index contributed by atoms with van der Waals surface area (Å²) in [5.41, 5.74) is 0.425. The molecule has 1 atom stereocenters. The Morgan fingerprint density at radius 2 is 1.59 bits per heavy atom. The number of carbonyl (C=O) groups excluding carboxylic acids is 2. The lowest BCUT2D eigenvalue weighted by Gasteiger charge is -2.31. The van der Waals surface area contributed by atoms with E-state index in [0.717, 1.165) is 31.2 Å². The standard InChI is InChI=1S/C18H24N2O2/c1-18(2,3)20-16(21)15(13-9-5-4-6-10-13)19(17(20)22)14-11-7-8-12-14/h4-6,9-10,14-15H,7-8,11-12H2,1-3H3. The minimum atomic E-state index is -0.492. The maximum atomic E-state index is 13.0. The van der Waals surface area contributed by atoms with Crippen LogP contribution >= 0.6 is 0 Å². The fraction of sp³-hybridized carbons (Fsp3) is 0.556. The Morgan fingerprint density at radius 3 is 2.14 bits per heavy atom. The number of rotatable bonds is 2. The smallest absolute Gasteiger partial charge is 0.305 e. The molecule has 1 saturated heterocycles. The first kappa shape index (κ1) is 15.1. The van der Waals surface area contributed by atoms with Gasteiger partial charge in [-0.25, -0.2) is 4.79 Å². The molecular weight excluding hydrogens is 276 g/mol. The minimum Gasteiger partial charge on any atom is -0.305 e. The molecule has 1 saturated carbocycles. The van der Waals surface area contributed by atoms with E-state index >= 15 is 0 Å². The molecule has 0 aromatic heterocycles. The highest BCUT2D eigenvalue weighted by molar-refractivity contribution is 6.05. The van der Waals surface area contributed by atoms with Crippen LogP contribution in [0.15, 0.2) is 30.3 Å². The van der Waals surface area contributed by atoms with Crippen molar-refractivity contribution in [2.75, 3.05) is 0 Å². The Morgan fingerprint density at radius 1 is 1.00 bits per heavy atom. The van der Waals surface area contributed by atoms with Gasteiger partial charge in [0.15, 0.2) is 0 Å². The molecule has 1 aliphatic carbocycles. The van der Waals surface area contributed by atoms with Crippen molar-refractivity contribution in [2.24, 2.45) is 0 Å². The molecule has 1 aliphatic heterocycles. The summed E-state index contributed by atoms with van der Waals surface area (Å²) in [6.07, 6.45) is 4.28. The third-order valence-electron chi connectivity index (χ3n) is 4.65. The third-order valence-corrected chi connectivity index (χ3v) is 4.65. The Balaban J connectivity index is 2.03. The Kier molecular flexibility index (Phi) is 3.71. The maximum absolute atomic E-state index is 13.0. The van der Waals surface area contributed by atoms with Crippen LogP contribution in [0.3, 0.4) is 0 Å². The molecule has 3 rings (SSSR count). The van der Waals surface area contributed by atoms with E-state index in [-0.39, 0.29) is 18.0 Å². The van der Waals surface area contributed by atoms with Gasteiger partial charge in [-0.2, -0.15) is 0 Å². The summed E-state index contributed by atoms with van der Waals surface area (Å²) in [4.78, 5) is 29.2. The summed E-state index contributed by atoms with van der Waals surface area (Å²) in [6.45, 7) is 5.76. The zero-order chi connectivity index (χ0) is 15.9. The van der Waals surface area contributed by atoms with Gasteiger partial charge in [0.2, 0.25) is 0 Å². The van der Waals surface area contributed by atoms with Crippen LogP contribution in [0.1, 0.15) is 58.1 Å². The van der Waals surface area contributed by atoms with E-state index in [9.17, 15) is 9.59 Å². The summed E-state index contributed by atoms with van der Waals surface area (Å²) in [5.74, 6) is -0.0874. The summed E-state index contributed by atoms with van der Waals surface area (Å²) in [7, 11) is 0. The molecule has 0 radical (unpaired) electrons. The molecule has 22 heavy (non-hydrogen) atoms. The fourth-order valence-electron chi connectivity index (χ4n) is 3.67. The fourth-order valence-corrected chi connectivity index (χ4v) is 3.67. The van der Waals surface area contributed by atoms with Crippen molar-refractivity contribution in [3.05, 3.63) is 35.9 Å². The molecule has 0 bridgehead atoms. The van der Waals surface area contributed by atoms with Gasteiger partial charge in [0.25, 0.3) is 5.91 Å². The number of nitrogens with zero attached hydrogens (tertiary/aromatic N) is 2. The lowest BCUT2D eigenvalue weighted by molar-refractivity contribution is -0.131. The summed E-state index contributed by atoms with van der Waals surface area (Å²) in [6, 6.07) is 9.29. The van der Waals surface area contributed by atoms with Gasteiger partial charge in [-0.05, 0) is 39.2 Å². The van der Waals surface area contributed by atoms with Crippen LogP contribution < -0.4 is 0 Å². The van der Waals surface area contributed by atoms with Crippen molar-refractivity contribution in [1.82, 2.24) is 9.80 Å². The van der Waals surface area contributed by atoms with Gasteiger partial charge < -0.3 is 4.90 Å². The number of imide groups is 1. The van der Waals surface area contributed by atoms with Crippen molar-refractivity contribution in [2.45, 2.75) is 64.1 Å². The molecular formula is C18H24N2O2. The second-order valence-electron chi connectivity index (χ2n) is 7.29. The average Bonchev–Trinajstić information content (AvgIpc) is 3.04. The van der Waals surface area contributed by atoms with Gasteiger partial charge >= 0.3 is 6.03 Å². The first-order valence-corrected chi connectivity index (χ1v) is 8.12. The molecule has 0 spiro atoms. The summed E-state index contributed by atoms with van der Waals surface area (Å²) < 4.78 is 0. The van der Waals surface area contributed by atoms with E-state index in [1.165, 1.54) is 4.90 Å². The van der Waals surface area contributed by atoms with E-state index in [2.05, 4.69) is 0 Å². The Bertz CT molecular complexity index is 570. The molecule has 3 amide bonds. The predicted molar refractivity (Wildman–Crippen MR) is 85.3 cm³/mol. The predicted octanol–water partition coefficient (Wildman–Crippen LogP) is 3.73. The molecule has 4 nitrogen and oxygen atoms in total. The van der Waals surface area contributed by atoms with E-state index < -0.39 is 11.6 Å². The highest BCUT2D eigenvalue weighted by Gasteiger charge is 2.52. The monoisotopic (exact) mass is 300 g/mol. The Hall–Kier alpha value is -1.84. The lowest BCUT2D eigenvalue weighted by Crippen LogP contribution is -2.47. The number of hydrogen-bond donors (Lipinski definition) is 0. The topological polar surface area (TPSA) is 40.6 Å². The van der Waals surface area contributed by atoms with Crippen LogP contribution in [0.5, 0.6) is 0 Å². The molecule has 1 unspecified atom stereocenters.